The number of imidazole rings is 1. The van der Waals surface area contributed by atoms with Crippen LogP contribution in [-0.4, -0.2) is 19.5 Å². The molecule has 3 rings (SSSR count). The lowest BCUT2D eigenvalue weighted by Crippen LogP contribution is -2.54. The van der Waals surface area contributed by atoms with Crippen molar-refractivity contribution in [3.63, 3.8) is 0 Å². The number of benzene rings is 1. The predicted octanol–water partition coefficient (Wildman–Crippen LogP) is 1.80. The van der Waals surface area contributed by atoms with Gasteiger partial charge in [0.1, 0.15) is 10.7 Å². The predicted molar refractivity (Wildman–Crippen MR) is 112 cm³/mol. The molecule has 2 N–H and O–H groups in total. The molecule has 0 aliphatic carbocycles. The van der Waals surface area contributed by atoms with E-state index in [1.165, 1.54) is 4.57 Å². The topological polar surface area (TPSA) is 83.5 Å². The first-order chi connectivity index (χ1) is 13.2. The molecule has 2 aromatic heterocycles. The quantitative estimate of drug-likeness (QED) is 0.729. The van der Waals surface area contributed by atoms with E-state index in [2.05, 4.69) is 35.7 Å². The summed E-state index contributed by atoms with van der Waals surface area (Å²) < 4.78 is 1.53. The second-order valence-electron chi connectivity index (χ2n) is 8.13. The van der Waals surface area contributed by atoms with Crippen LogP contribution < -0.4 is 21.8 Å². The summed E-state index contributed by atoms with van der Waals surface area (Å²) in [7, 11) is 0. The Kier molecular flexibility index (Phi) is 5.23. The van der Waals surface area contributed by atoms with Gasteiger partial charge in [-0.25, -0.2) is 4.98 Å². The monoisotopic (exact) mass is 378 g/mol. The van der Waals surface area contributed by atoms with Crippen molar-refractivity contribution in [2.45, 2.75) is 46.1 Å². The molecule has 28 heavy (non-hydrogen) atoms. The summed E-state index contributed by atoms with van der Waals surface area (Å²) >= 11 is 0. The summed E-state index contributed by atoms with van der Waals surface area (Å²) in [4.78, 5) is 36.2. The highest BCUT2D eigenvalue weighted by Gasteiger charge is 2.19. The van der Waals surface area contributed by atoms with E-state index in [0.717, 1.165) is 11.3 Å². The van der Waals surface area contributed by atoms with Crippen LogP contribution in [0.2, 0.25) is 0 Å². The Morgan fingerprint density at radius 2 is 1.75 bits per heavy atom. The van der Waals surface area contributed by atoms with E-state index in [9.17, 15) is 9.59 Å². The molecule has 0 aliphatic heterocycles. The summed E-state index contributed by atoms with van der Waals surface area (Å²) in [6, 6.07) is 9.32. The second-order valence-corrected chi connectivity index (χ2v) is 8.13. The maximum Gasteiger partial charge on any atom is 0.275 e. The van der Waals surface area contributed by atoms with Crippen molar-refractivity contribution in [3.8, 4) is 0 Å². The van der Waals surface area contributed by atoms with E-state index in [4.69, 9.17) is 0 Å². The van der Waals surface area contributed by atoms with Crippen LogP contribution in [0.3, 0.4) is 0 Å². The molecule has 0 saturated carbocycles. The summed E-state index contributed by atoms with van der Waals surface area (Å²) in [5, 5.41) is 0.558. The number of hydrogen-bond acceptors (Lipinski definition) is 3. The van der Waals surface area contributed by atoms with E-state index < -0.39 is 0 Å². The van der Waals surface area contributed by atoms with Crippen molar-refractivity contribution < 1.29 is 0 Å². The van der Waals surface area contributed by atoms with Crippen LogP contribution in [0.5, 0.6) is 0 Å². The molecular weight excluding hydrogens is 352 g/mol. The van der Waals surface area contributed by atoms with E-state index in [1.807, 2.05) is 44.2 Å². The Hall–Kier alpha value is -3.15. The average Bonchev–Trinajstić information content (AvgIpc) is 3.08. The van der Waals surface area contributed by atoms with Crippen LogP contribution in [0.15, 0.2) is 46.2 Å². The van der Waals surface area contributed by atoms with Gasteiger partial charge in [-0.15, -0.1) is 0 Å². The minimum atomic E-state index is -0.309. The Morgan fingerprint density at radius 3 is 2.36 bits per heavy atom. The molecular formula is C22H26N4O2. The van der Waals surface area contributed by atoms with Gasteiger partial charge in [0.25, 0.3) is 11.1 Å². The fraction of sp³-hybridized carbons (Fsp3) is 0.318. The fourth-order valence-corrected chi connectivity index (χ4v) is 3.19. The van der Waals surface area contributed by atoms with Crippen molar-refractivity contribution in [1.29, 1.82) is 0 Å². The fourth-order valence-electron chi connectivity index (χ4n) is 3.19. The van der Waals surface area contributed by atoms with Gasteiger partial charge in [0, 0.05) is 17.2 Å². The maximum absolute atomic E-state index is 13.2. The zero-order valence-corrected chi connectivity index (χ0v) is 16.9. The average molecular weight is 378 g/mol. The van der Waals surface area contributed by atoms with Crippen molar-refractivity contribution >= 4 is 12.2 Å². The molecule has 0 saturated heterocycles. The summed E-state index contributed by atoms with van der Waals surface area (Å²) in [5.74, 6) is 0. The Balaban J connectivity index is 2.31. The Morgan fingerprint density at radius 1 is 1.07 bits per heavy atom. The van der Waals surface area contributed by atoms with Crippen LogP contribution in [0.4, 0.5) is 0 Å². The SMILES string of the molecule is CC(C)n1c(=O)/c(=C/c2nc[nH]c2C(C)(C)C)[nH]c(=O)/c1=C/c1ccccc1. The lowest BCUT2D eigenvalue weighted by molar-refractivity contribution is 0.548. The number of nitrogens with zero attached hydrogens (tertiary/aromatic N) is 2. The van der Waals surface area contributed by atoms with Crippen LogP contribution in [0.1, 0.15) is 57.6 Å². The van der Waals surface area contributed by atoms with Gasteiger partial charge >= 0.3 is 0 Å². The smallest absolute Gasteiger partial charge is 0.275 e. The number of aromatic amines is 2. The number of hydrogen-bond donors (Lipinski definition) is 2. The second kappa shape index (κ2) is 7.46. The summed E-state index contributed by atoms with van der Waals surface area (Å²) in [6.45, 7) is 9.96. The molecule has 0 unspecified atom stereocenters. The molecule has 0 spiro atoms. The summed E-state index contributed by atoms with van der Waals surface area (Å²) in [6.07, 6.45) is 4.98. The van der Waals surface area contributed by atoms with Crippen LogP contribution in [0.25, 0.3) is 12.2 Å². The van der Waals surface area contributed by atoms with Crippen LogP contribution in [-0.2, 0) is 5.41 Å². The molecule has 0 amide bonds. The van der Waals surface area contributed by atoms with Gasteiger partial charge in [-0.1, -0.05) is 51.1 Å². The van der Waals surface area contributed by atoms with E-state index in [1.54, 1.807) is 18.5 Å². The van der Waals surface area contributed by atoms with Crippen molar-refractivity contribution in [2.75, 3.05) is 0 Å². The number of H-pyrrole nitrogens is 2. The highest BCUT2D eigenvalue weighted by molar-refractivity contribution is 5.49. The van der Waals surface area contributed by atoms with Gasteiger partial charge in [-0.3, -0.25) is 14.2 Å². The van der Waals surface area contributed by atoms with Crippen LogP contribution in [0, 0.1) is 0 Å². The number of rotatable bonds is 3. The first kappa shape index (κ1) is 19.6. The lowest BCUT2D eigenvalue weighted by Gasteiger charge is -2.17. The number of nitrogens with one attached hydrogen (secondary N) is 2. The highest BCUT2D eigenvalue weighted by Crippen LogP contribution is 2.22. The molecule has 0 atom stereocenters. The largest absolute Gasteiger partial charge is 0.348 e. The highest BCUT2D eigenvalue weighted by atomic mass is 16.1. The number of aromatic nitrogens is 4. The Bertz CT molecular complexity index is 1210. The van der Waals surface area contributed by atoms with Gasteiger partial charge in [0.05, 0.1) is 12.0 Å². The molecule has 1 aromatic carbocycles. The van der Waals surface area contributed by atoms with Crippen molar-refractivity contribution in [1.82, 2.24) is 19.5 Å². The van der Waals surface area contributed by atoms with Gasteiger partial charge in [-0.05, 0) is 31.6 Å². The molecule has 6 nitrogen and oxygen atoms in total. The molecule has 3 aromatic rings. The van der Waals surface area contributed by atoms with Gasteiger partial charge in [-0.2, -0.15) is 0 Å². The minimum absolute atomic E-state index is 0.166. The third-order valence-electron chi connectivity index (χ3n) is 4.51. The normalized spacial score (nSPS) is 13.5. The molecule has 146 valence electrons. The lowest BCUT2D eigenvalue weighted by atomic mass is 9.90. The van der Waals surface area contributed by atoms with E-state index >= 15 is 0 Å². The van der Waals surface area contributed by atoms with E-state index in [-0.39, 0.29) is 27.9 Å². The van der Waals surface area contributed by atoms with Gasteiger partial charge in [0.2, 0.25) is 0 Å². The molecule has 0 aliphatic rings. The van der Waals surface area contributed by atoms with Gasteiger partial charge < -0.3 is 9.97 Å². The van der Waals surface area contributed by atoms with E-state index in [0.29, 0.717) is 11.0 Å². The van der Waals surface area contributed by atoms with Crippen molar-refractivity contribution in [2.24, 2.45) is 0 Å². The third kappa shape index (κ3) is 3.91. The van der Waals surface area contributed by atoms with Crippen LogP contribution >= 0.6 is 0 Å². The zero-order valence-electron chi connectivity index (χ0n) is 16.9. The zero-order chi connectivity index (χ0) is 20.5. The molecule has 0 radical (unpaired) electrons. The standard InChI is InChI=1S/C22H26N4O2/c1-14(2)26-18(11-15-9-7-6-8-10-15)20(27)25-17(21(26)28)12-16-19(22(3,4)5)24-13-23-16/h6-14H,1-5H3,(H,23,24)(H,25,27)/b17-12-,18-11-. The maximum atomic E-state index is 13.2. The summed E-state index contributed by atoms with van der Waals surface area (Å²) in [5.41, 5.74) is 1.69. The third-order valence-corrected chi connectivity index (χ3v) is 4.51. The van der Waals surface area contributed by atoms with Gasteiger partial charge in [0.15, 0.2) is 0 Å². The van der Waals surface area contributed by atoms with Crippen molar-refractivity contribution in [3.05, 3.63) is 85.0 Å². The first-order valence-electron chi connectivity index (χ1n) is 9.35. The first-order valence-corrected chi connectivity index (χ1v) is 9.35. The molecule has 0 bridgehead atoms. The molecule has 6 heteroatoms. The molecule has 0 fully saturated rings. The minimum Gasteiger partial charge on any atom is -0.348 e. The Labute approximate surface area is 163 Å². The molecule has 2 heterocycles.